The van der Waals surface area contributed by atoms with Crippen molar-refractivity contribution in [2.45, 2.75) is 32.8 Å². The van der Waals surface area contributed by atoms with Gasteiger partial charge in [0.25, 0.3) is 0 Å². The number of allylic oxidation sites excluding steroid dienone is 1. The Balaban J connectivity index is 1.25. The topological polar surface area (TPSA) is 53.3 Å². The van der Waals surface area contributed by atoms with Gasteiger partial charge in [-0.05, 0) is 74.0 Å². The number of cyclic esters (lactones) is 1. The number of hydrogen-bond acceptors (Lipinski definition) is 4. The molecular formula is C25H26N2O2. The van der Waals surface area contributed by atoms with Gasteiger partial charge < -0.3 is 9.64 Å². The fourth-order valence-electron chi connectivity index (χ4n) is 4.16. The highest BCUT2D eigenvalue weighted by Gasteiger charge is 2.21. The van der Waals surface area contributed by atoms with Crippen molar-refractivity contribution in [3.63, 3.8) is 0 Å². The lowest BCUT2D eigenvalue weighted by atomic mass is 9.95. The molecule has 0 N–H and O–H groups in total. The number of piperidine rings is 1. The highest BCUT2D eigenvalue weighted by molar-refractivity contribution is 5.93. The smallest absolute Gasteiger partial charge is 0.338 e. The molecule has 2 aromatic rings. The zero-order valence-corrected chi connectivity index (χ0v) is 16.9. The first-order valence-corrected chi connectivity index (χ1v) is 10.3. The van der Waals surface area contributed by atoms with Gasteiger partial charge in [-0.2, -0.15) is 5.26 Å². The van der Waals surface area contributed by atoms with Crippen LogP contribution in [0.3, 0.4) is 0 Å². The summed E-state index contributed by atoms with van der Waals surface area (Å²) in [5.74, 6) is 0.420. The van der Waals surface area contributed by atoms with E-state index in [1.807, 2.05) is 25.1 Å². The number of carbonyl (C=O) groups excluding carboxylic acids is 1. The summed E-state index contributed by atoms with van der Waals surface area (Å²) in [5, 5.41) is 9.04. The van der Waals surface area contributed by atoms with E-state index in [0.29, 0.717) is 12.5 Å². The van der Waals surface area contributed by atoms with Crippen LogP contribution in [0.5, 0.6) is 0 Å². The van der Waals surface area contributed by atoms with Crippen molar-refractivity contribution in [3.05, 3.63) is 75.9 Å². The second kappa shape index (κ2) is 8.63. The molecule has 4 nitrogen and oxygen atoms in total. The number of carbonyl (C=O) groups is 1. The number of rotatable bonds is 5. The van der Waals surface area contributed by atoms with Crippen LogP contribution < -0.4 is 0 Å². The molecule has 2 aliphatic heterocycles. The number of esters is 1. The molecule has 1 saturated heterocycles. The fourth-order valence-corrected chi connectivity index (χ4v) is 4.16. The SMILES string of the molecule is Cc1cc(/C=C/C2CCN(CCc3ccc4c(c3)COC4=O)CC2)ccc1C#N. The molecule has 0 radical (unpaired) electrons. The van der Waals surface area contributed by atoms with E-state index in [4.69, 9.17) is 10.00 Å². The summed E-state index contributed by atoms with van der Waals surface area (Å²) in [4.78, 5) is 14.1. The van der Waals surface area contributed by atoms with Crippen molar-refractivity contribution >= 4 is 12.0 Å². The second-order valence-electron chi connectivity index (χ2n) is 8.04. The lowest BCUT2D eigenvalue weighted by Crippen LogP contribution is -2.34. The number of nitrogens with zero attached hydrogens (tertiary/aromatic N) is 2. The highest BCUT2D eigenvalue weighted by atomic mass is 16.5. The van der Waals surface area contributed by atoms with Crippen LogP contribution in [0.15, 0.2) is 42.5 Å². The Labute approximate surface area is 172 Å². The van der Waals surface area contributed by atoms with Gasteiger partial charge in [0.2, 0.25) is 0 Å². The molecule has 0 amide bonds. The summed E-state index contributed by atoms with van der Waals surface area (Å²) in [5.41, 5.74) is 5.97. The number of benzene rings is 2. The number of ether oxygens (including phenoxy) is 1. The molecule has 2 aromatic carbocycles. The molecule has 0 aromatic heterocycles. The molecule has 1 fully saturated rings. The van der Waals surface area contributed by atoms with Gasteiger partial charge in [-0.25, -0.2) is 4.79 Å². The fraction of sp³-hybridized carbons (Fsp3) is 0.360. The first-order valence-electron chi connectivity index (χ1n) is 10.3. The van der Waals surface area contributed by atoms with Crippen LogP contribution in [0.2, 0.25) is 0 Å². The van der Waals surface area contributed by atoms with E-state index >= 15 is 0 Å². The van der Waals surface area contributed by atoms with Crippen molar-refractivity contribution in [3.8, 4) is 6.07 Å². The summed E-state index contributed by atoms with van der Waals surface area (Å²) in [6, 6.07) is 14.3. The molecule has 0 aliphatic carbocycles. The lowest BCUT2D eigenvalue weighted by Gasteiger charge is -2.30. The third-order valence-corrected chi connectivity index (χ3v) is 6.03. The predicted molar refractivity (Wildman–Crippen MR) is 113 cm³/mol. The Hall–Kier alpha value is -2.90. The van der Waals surface area contributed by atoms with Gasteiger partial charge in [0, 0.05) is 12.1 Å². The average Bonchev–Trinajstić information content (AvgIpc) is 3.12. The minimum absolute atomic E-state index is 0.196. The molecular weight excluding hydrogens is 360 g/mol. The van der Waals surface area contributed by atoms with Gasteiger partial charge in [0.05, 0.1) is 17.2 Å². The van der Waals surface area contributed by atoms with Crippen molar-refractivity contribution in [1.29, 1.82) is 5.26 Å². The van der Waals surface area contributed by atoms with Gasteiger partial charge in [0.1, 0.15) is 6.61 Å². The summed E-state index contributed by atoms with van der Waals surface area (Å²) in [6.45, 7) is 5.69. The first-order chi connectivity index (χ1) is 14.1. The molecule has 148 valence electrons. The molecule has 0 atom stereocenters. The maximum Gasteiger partial charge on any atom is 0.338 e. The maximum atomic E-state index is 11.6. The van der Waals surface area contributed by atoms with Crippen LogP contribution in [-0.4, -0.2) is 30.5 Å². The Bertz CT molecular complexity index is 979. The number of nitriles is 1. The van der Waals surface area contributed by atoms with Gasteiger partial charge in [-0.3, -0.25) is 0 Å². The number of aryl methyl sites for hydroxylation is 1. The molecule has 0 bridgehead atoms. The molecule has 4 rings (SSSR count). The Morgan fingerprint density at radius 3 is 2.79 bits per heavy atom. The van der Waals surface area contributed by atoms with Crippen molar-refractivity contribution < 1.29 is 9.53 Å². The van der Waals surface area contributed by atoms with Crippen molar-refractivity contribution in [1.82, 2.24) is 4.90 Å². The zero-order chi connectivity index (χ0) is 20.2. The molecule has 4 heteroatoms. The van der Waals surface area contributed by atoms with Crippen LogP contribution in [0.25, 0.3) is 6.08 Å². The summed E-state index contributed by atoms with van der Waals surface area (Å²) in [7, 11) is 0. The van der Waals surface area contributed by atoms with Crippen LogP contribution in [-0.2, 0) is 17.8 Å². The van der Waals surface area contributed by atoms with Crippen molar-refractivity contribution in [2.24, 2.45) is 5.92 Å². The third kappa shape index (κ3) is 4.58. The van der Waals surface area contributed by atoms with E-state index < -0.39 is 0 Å². The molecule has 29 heavy (non-hydrogen) atoms. The van der Waals surface area contributed by atoms with Crippen LogP contribution in [0, 0.1) is 24.2 Å². The van der Waals surface area contributed by atoms with Gasteiger partial charge in [-0.15, -0.1) is 0 Å². The molecule has 0 unspecified atom stereocenters. The second-order valence-corrected chi connectivity index (χ2v) is 8.04. The quantitative estimate of drug-likeness (QED) is 0.710. The van der Waals surface area contributed by atoms with E-state index in [2.05, 4.69) is 41.3 Å². The minimum atomic E-state index is -0.196. The van der Waals surface area contributed by atoms with E-state index in [9.17, 15) is 4.79 Å². The van der Waals surface area contributed by atoms with Crippen LogP contribution in [0.4, 0.5) is 0 Å². The van der Waals surface area contributed by atoms with Crippen molar-refractivity contribution in [2.75, 3.05) is 19.6 Å². The third-order valence-electron chi connectivity index (χ3n) is 6.03. The van der Waals surface area contributed by atoms with Gasteiger partial charge in [0.15, 0.2) is 0 Å². The van der Waals surface area contributed by atoms with Gasteiger partial charge >= 0.3 is 5.97 Å². The summed E-state index contributed by atoms with van der Waals surface area (Å²) in [6.07, 6.45) is 7.89. The molecule has 2 heterocycles. The molecule has 0 spiro atoms. The monoisotopic (exact) mass is 386 g/mol. The Kier molecular flexibility index (Phi) is 5.78. The standard InChI is InChI=1S/C25H26N2O2/c1-18-14-20(4-6-22(18)16-26)3-2-19-8-11-27(12-9-19)13-10-21-5-7-24-23(15-21)17-29-25(24)28/h2-7,14-15,19H,8-13,17H2,1H3/b3-2+. The summed E-state index contributed by atoms with van der Waals surface area (Å²) < 4.78 is 5.09. The van der Waals surface area contributed by atoms with E-state index in [-0.39, 0.29) is 5.97 Å². The highest BCUT2D eigenvalue weighted by Crippen LogP contribution is 2.23. The Morgan fingerprint density at radius 1 is 1.21 bits per heavy atom. The number of likely N-dealkylation sites (tertiary alicyclic amines) is 1. The van der Waals surface area contributed by atoms with E-state index in [1.54, 1.807) is 0 Å². The molecule has 0 saturated carbocycles. The number of fused-ring (bicyclic) bond motifs is 1. The maximum absolute atomic E-state index is 11.6. The largest absolute Gasteiger partial charge is 0.457 e. The van der Waals surface area contributed by atoms with Gasteiger partial charge in [-0.1, -0.05) is 36.4 Å². The minimum Gasteiger partial charge on any atom is -0.457 e. The van der Waals surface area contributed by atoms with Crippen LogP contribution >= 0.6 is 0 Å². The van der Waals surface area contributed by atoms with E-state index in [0.717, 1.165) is 48.3 Å². The zero-order valence-electron chi connectivity index (χ0n) is 16.9. The first kappa shape index (κ1) is 19.4. The predicted octanol–water partition coefficient (Wildman–Crippen LogP) is 4.51. The Morgan fingerprint density at radius 2 is 2.03 bits per heavy atom. The molecule has 2 aliphatic rings. The normalized spacial score (nSPS) is 17.3. The van der Waals surface area contributed by atoms with E-state index in [1.165, 1.54) is 24.0 Å². The van der Waals surface area contributed by atoms with Crippen LogP contribution in [0.1, 0.15) is 51.0 Å². The number of hydrogen-bond donors (Lipinski definition) is 0. The summed E-state index contributed by atoms with van der Waals surface area (Å²) >= 11 is 0. The lowest BCUT2D eigenvalue weighted by molar-refractivity contribution is 0.0535. The average molecular weight is 386 g/mol.